The topological polar surface area (TPSA) is 50.5 Å². The SMILES string of the molecule is CCCCN1C(=O)c2oc3cc(C)c(Cl)cc3c(=O)c2C1c1ccc(Cl)cc1. The number of hydrogen-bond acceptors (Lipinski definition) is 3. The molecule has 1 atom stereocenters. The monoisotopic (exact) mass is 415 g/mol. The van der Waals surface area contributed by atoms with Crippen LogP contribution in [0.2, 0.25) is 10.0 Å². The summed E-state index contributed by atoms with van der Waals surface area (Å²) in [7, 11) is 0. The zero-order valence-electron chi connectivity index (χ0n) is 15.6. The molecule has 1 aliphatic rings. The van der Waals surface area contributed by atoms with Crippen LogP contribution in [0.15, 0.2) is 45.6 Å². The van der Waals surface area contributed by atoms with Crippen LogP contribution >= 0.6 is 23.2 Å². The number of carbonyl (C=O) groups excluding carboxylic acids is 1. The van der Waals surface area contributed by atoms with Crippen LogP contribution < -0.4 is 5.43 Å². The van der Waals surface area contributed by atoms with E-state index in [0.29, 0.717) is 33.1 Å². The maximum atomic E-state index is 13.4. The third-order valence-corrected chi connectivity index (χ3v) is 5.84. The smallest absolute Gasteiger partial charge is 0.290 e. The molecule has 6 heteroatoms. The molecule has 0 bridgehead atoms. The van der Waals surface area contributed by atoms with Gasteiger partial charge >= 0.3 is 0 Å². The van der Waals surface area contributed by atoms with Gasteiger partial charge in [0, 0.05) is 16.6 Å². The molecule has 144 valence electrons. The highest BCUT2D eigenvalue weighted by atomic mass is 35.5. The van der Waals surface area contributed by atoms with Crippen LogP contribution in [0.4, 0.5) is 0 Å². The summed E-state index contributed by atoms with van der Waals surface area (Å²) in [5.41, 5.74) is 2.16. The summed E-state index contributed by atoms with van der Waals surface area (Å²) in [6.07, 6.45) is 1.77. The van der Waals surface area contributed by atoms with Crippen molar-refractivity contribution in [2.24, 2.45) is 0 Å². The number of amides is 1. The minimum absolute atomic E-state index is 0.121. The van der Waals surface area contributed by atoms with E-state index in [1.807, 2.05) is 19.1 Å². The Morgan fingerprint density at radius 2 is 1.82 bits per heavy atom. The van der Waals surface area contributed by atoms with Gasteiger partial charge in [0.05, 0.1) is 17.0 Å². The van der Waals surface area contributed by atoms with Crippen molar-refractivity contribution in [2.45, 2.75) is 32.7 Å². The molecule has 2 heterocycles. The molecule has 1 aliphatic heterocycles. The maximum absolute atomic E-state index is 13.4. The van der Waals surface area contributed by atoms with E-state index in [-0.39, 0.29) is 17.1 Å². The lowest BCUT2D eigenvalue weighted by Crippen LogP contribution is -2.30. The molecule has 2 aromatic carbocycles. The Kier molecular flexibility index (Phi) is 4.94. The molecule has 0 fully saturated rings. The van der Waals surface area contributed by atoms with E-state index in [1.54, 1.807) is 29.2 Å². The Labute approximate surface area is 172 Å². The molecule has 0 N–H and O–H groups in total. The highest BCUT2D eigenvalue weighted by molar-refractivity contribution is 6.32. The molecule has 3 aromatic rings. The second kappa shape index (κ2) is 7.26. The van der Waals surface area contributed by atoms with Crippen LogP contribution in [0.25, 0.3) is 11.0 Å². The fourth-order valence-electron chi connectivity index (χ4n) is 3.69. The second-order valence-electron chi connectivity index (χ2n) is 7.08. The Bertz CT molecular complexity index is 1140. The molecule has 1 unspecified atom stereocenters. The largest absolute Gasteiger partial charge is 0.450 e. The van der Waals surface area contributed by atoms with Crippen molar-refractivity contribution < 1.29 is 9.21 Å². The molecule has 0 spiro atoms. The van der Waals surface area contributed by atoms with E-state index in [1.165, 1.54) is 0 Å². The van der Waals surface area contributed by atoms with Gasteiger partial charge in [0.2, 0.25) is 5.76 Å². The van der Waals surface area contributed by atoms with E-state index in [0.717, 1.165) is 24.0 Å². The molecule has 4 rings (SSSR count). The van der Waals surface area contributed by atoms with Crippen molar-refractivity contribution in [3.8, 4) is 0 Å². The lowest BCUT2D eigenvalue weighted by atomic mass is 9.98. The van der Waals surface area contributed by atoms with Crippen LogP contribution in [0, 0.1) is 6.92 Å². The Hall–Kier alpha value is -2.30. The number of halogens is 2. The molecule has 28 heavy (non-hydrogen) atoms. The van der Waals surface area contributed by atoms with Crippen molar-refractivity contribution in [1.82, 2.24) is 4.90 Å². The normalized spacial score (nSPS) is 16.1. The number of nitrogens with zero attached hydrogens (tertiary/aromatic N) is 1. The van der Waals surface area contributed by atoms with Gasteiger partial charge in [-0.1, -0.05) is 48.7 Å². The Morgan fingerprint density at radius 3 is 2.50 bits per heavy atom. The molecule has 0 saturated heterocycles. The molecule has 4 nitrogen and oxygen atoms in total. The Balaban J connectivity index is 1.98. The fraction of sp³-hybridized carbons (Fsp3) is 0.273. The summed E-state index contributed by atoms with van der Waals surface area (Å²) in [4.78, 5) is 28.2. The van der Waals surface area contributed by atoms with Gasteiger partial charge in [-0.15, -0.1) is 0 Å². The average Bonchev–Trinajstić information content (AvgIpc) is 2.95. The van der Waals surface area contributed by atoms with E-state index < -0.39 is 6.04 Å². The van der Waals surface area contributed by atoms with Crippen LogP contribution in [0.1, 0.15) is 53.1 Å². The van der Waals surface area contributed by atoms with Gasteiger partial charge in [-0.3, -0.25) is 9.59 Å². The van der Waals surface area contributed by atoms with Gasteiger partial charge in [0.1, 0.15) is 5.58 Å². The predicted molar refractivity (Wildman–Crippen MR) is 111 cm³/mol. The number of carbonyl (C=O) groups is 1. The Morgan fingerprint density at radius 1 is 1.11 bits per heavy atom. The van der Waals surface area contributed by atoms with Crippen LogP contribution in [0.5, 0.6) is 0 Å². The quantitative estimate of drug-likeness (QED) is 0.544. The van der Waals surface area contributed by atoms with E-state index >= 15 is 0 Å². The van der Waals surface area contributed by atoms with Crippen molar-refractivity contribution >= 4 is 40.1 Å². The van der Waals surface area contributed by atoms with Crippen molar-refractivity contribution in [1.29, 1.82) is 0 Å². The molecular formula is C22H19Cl2NO3. The van der Waals surface area contributed by atoms with Gasteiger partial charge in [-0.05, 0) is 48.7 Å². The number of aryl methyl sites for hydroxylation is 1. The van der Waals surface area contributed by atoms with E-state index in [9.17, 15) is 9.59 Å². The van der Waals surface area contributed by atoms with Crippen LogP contribution in [-0.4, -0.2) is 17.4 Å². The number of rotatable bonds is 4. The molecule has 1 aromatic heterocycles. The molecule has 1 amide bonds. The van der Waals surface area contributed by atoms with Gasteiger partial charge in [0.15, 0.2) is 5.43 Å². The number of benzene rings is 2. The number of unbranched alkanes of at least 4 members (excludes halogenated alkanes) is 1. The summed E-state index contributed by atoms with van der Waals surface area (Å²) in [5.74, 6) is -0.134. The van der Waals surface area contributed by atoms with Gasteiger partial charge in [-0.25, -0.2) is 0 Å². The van der Waals surface area contributed by atoms with Crippen molar-refractivity contribution in [3.63, 3.8) is 0 Å². The second-order valence-corrected chi connectivity index (χ2v) is 7.92. The lowest BCUT2D eigenvalue weighted by molar-refractivity contribution is 0.0725. The van der Waals surface area contributed by atoms with Gasteiger partial charge < -0.3 is 9.32 Å². The van der Waals surface area contributed by atoms with Crippen molar-refractivity contribution in [3.05, 3.63) is 79.1 Å². The van der Waals surface area contributed by atoms with Crippen LogP contribution in [0.3, 0.4) is 0 Å². The number of fused-ring (bicyclic) bond motifs is 2. The maximum Gasteiger partial charge on any atom is 0.290 e. The summed E-state index contributed by atoms with van der Waals surface area (Å²) >= 11 is 12.3. The summed E-state index contributed by atoms with van der Waals surface area (Å²) < 4.78 is 5.94. The lowest BCUT2D eigenvalue weighted by Gasteiger charge is -2.25. The molecule has 0 saturated carbocycles. The first-order valence-electron chi connectivity index (χ1n) is 9.25. The first-order valence-corrected chi connectivity index (χ1v) is 10.0. The molecular weight excluding hydrogens is 397 g/mol. The highest BCUT2D eigenvalue weighted by Crippen LogP contribution is 2.39. The van der Waals surface area contributed by atoms with E-state index in [4.69, 9.17) is 27.6 Å². The standard InChI is InChI=1S/C22H19Cl2NO3/c1-3-4-9-25-19(13-5-7-14(23)8-6-13)18-20(26)15-11-16(24)12(2)10-17(15)28-21(18)22(25)27/h5-8,10-11,19H,3-4,9H2,1-2H3. The third-order valence-electron chi connectivity index (χ3n) is 5.19. The minimum Gasteiger partial charge on any atom is -0.450 e. The molecule has 0 aliphatic carbocycles. The summed E-state index contributed by atoms with van der Waals surface area (Å²) in [6, 6.07) is 10.1. The highest BCUT2D eigenvalue weighted by Gasteiger charge is 2.42. The first-order chi connectivity index (χ1) is 13.4. The van der Waals surface area contributed by atoms with Crippen LogP contribution in [-0.2, 0) is 0 Å². The summed E-state index contributed by atoms with van der Waals surface area (Å²) in [5, 5.41) is 1.48. The first kappa shape index (κ1) is 19.0. The van der Waals surface area contributed by atoms with E-state index in [2.05, 4.69) is 6.92 Å². The zero-order valence-corrected chi connectivity index (χ0v) is 17.1. The number of hydrogen-bond donors (Lipinski definition) is 0. The third kappa shape index (κ3) is 3.01. The fourth-order valence-corrected chi connectivity index (χ4v) is 3.98. The minimum atomic E-state index is -0.493. The van der Waals surface area contributed by atoms with Gasteiger partial charge in [0.25, 0.3) is 5.91 Å². The van der Waals surface area contributed by atoms with Gasteiger partial charge in [-0.2, -0.15) is 0 Å². The molecule has 0 radical (unpaired) electrons. The predicted octanol–water partition coefficient (Wildman–Crippen LogP) is 5.75. The zero-order chi connectivity index (χ0) is 20.0. The summed E-state index contributed by atoms with van der Waals surface area (Å²) in [6.45, 7) is 4.44. The van der Waals surface area contributed by atoms with Crippen molar-refractivity contribution in [2.75, 3.05) is 6.54 Å². The average molecular weight is 416 g/mol.